The number of ketones is 1. The minimum atomic E-state index is -0.592. The molecular weight excluding hydrogens is 240 g/mol. The zero-order valence-corrected chi connectivity index (χ0v) is 11.4. The van der Waals surface area contributed by atoms with Gasteiger partial charge in [-0.2, -0.15) is 0 Å². The maximum absolute atomic E-state index is 11.8. The molecule has 2 rings (SSSR count). The molecule has 2 aromatic rings. The van der Waals surface area contributed by atoms with Crippen molar-refractivity contribution in [2.75, 3.05) is 0 Å². The number of carbonyl (C=O) groups is 2. The van der Waals surface area contributed by atoms with Crippen molar-refractivity contribution >= 4 is 22.6 Å². The van der Waals surface area contributed by atoms with Crippen LogP contribution in [-0.2, 0) is 9.59 Å². The van der Waals surface area contributed by atoms with Gasteiger partial charge in [-0.3, -0.25) is 9.59 Å². The number of H-pyrrole nitrogens is 1. The lowest BCUT2D eigenvalue weighted by atomic mass is 10.0. The minimum absolute atomic E-state index is 0.0706. The van der Waals surface area contributed by atoms with Gasteiger partial charge in [-0.25, -0.2) is 0 Å². The first-order valence-electron chi connectivity index (χ1n) is 6.37. The van der Waals surface area contributed by atoms with Crippen LogP contribution in [0, 0.1) is 5.92 Å². The zero-order valence-electron chi connectivity index (χ0n) is 11.4. The smallest absolute Gasteiger partial charge is 0.223 e. The fraction of sp³-hybridized carbons (Fsp3) is 0.333. The summed E-state index contributed by atoms with van der Waals surface area (Å²) in [5, 5.41) is 3.77. The van der Waals surface area contributed by atoms with Crippen molar-refractivity contribution in [2.24, 2.45) is 5.92 Å². The molecule has 4 heteroatoms. The second kappa shape index (κ2) is 5.26. The normalized spacial score (nSPS) is 12.6. The molecule has 1 aromatic carbocycles. The highest BCUT2D eigenvalue weighted by atomic mass is 16.2. The van der Waals surface area contributed by atoms with Gasteiger partial charge in [0, 0.05) is 28.6 Å². The molecule has 1 aromatic heterocycles. The van der Waals surface area contributed by atoms with Crippen LogP contribution in [0.2, 0.25) is 0 Å². The van der Waals surface area contributed by atoms with Crippen molar-refractivity contribution in [1.82, 2.24) is 10.3 Å². The van der Waals surface area contributed by atoms with Crippen LogP contribution in [0.1, 0.15) is 32.4 Å². The third-order valence-corrected chi connectivity index (χ3v) is 3.15. The lowest BCUT2D eigenvalue weighted by Crippen LogP contribution is -2.35. The molecule has 1 unspecified atom stereocenters. The van der Waals surface area contributed by atoms with Gasteiger partial charge in [0.05, 0.1) is 0 Å². The summed E-state index contributed by atoms with van der Waals surface area (Å²) >= 11 is 0. The Labute approximate surface area is 112 Å². The number of para-hydroxylation sites is 1. The lowest BCUT2D eigenvalue weighted by molar-refractivity contribution is -0.128. The molecule has 0 fully saturated rings. The van der Waals surface area contributed by atoms with Crippen LogP contribution >= 0.6 is 0 Å². The Morgan fingerprint density at radius 2 is 1.89 bits per heavy atom. The van der Waals surface area contributed by atoms with Crippen LogP contribution in [-0.4, -0.2) is 16.7 Å². The van der Waals surface area contributed by atoms with Gasteiger partial charge in [-0.05, 0) is 13.0 Å². The van der Waals surface area contributed by atoms with E-state index in [9.17, 15) is 9.59 Å². The largest absolute Gasteiger partial charge is 0.361 e. The SMILES string of the molecule is CC(=O)C(NC(=O)C(C)C)c1c[nH]c2ccccc12. The molecule has 4 nitrogen and oxygen atoms in total. The number of benzene rings is 1. The third-order valence-electron chi connectivity index (χ3n) is 3.15. The van der Waals surface area contributed by atoms with E-state index in [0.29, 0.717) is 0 Å². The van der Waals surface area contributed by atoms with Crippen LogP contribution in [0.3, 0.4) is 0 Å². The summed E-state index contributed by atoms with van der Waals surface area (Å²) in [6.07, 6.45) is 1.79. The van der Waals surface area contributed by atoms with Crippen LogP contribution < -0.4 is 5.32 Å². The first-order valence-corrected chi connectivity index (χ1v) is 6.37. The number of Topliss-reactive ketones (excluding diaryl/α,β-unsaturated/α-hetero) is 1. The van der Waals surface area contributed by atoms with Gasteiger partial charge in [-0.1, -0.05) is 32.0 Å². The van der Waals surface area contributed by atoms with Gasteiger partial charge in [0.2, 0.25) is 5.91 Å². The highest BCUT2D eigenvalue weighted by molar-refractivity contribution is 5.94. The van der Waals surface area contributed by atoms with Crippen molar-refractivity contribution < 1.29 is 9.59 Å². The van der Waals surface area contributed by atoms with Gasteiger partial charge in [0.25, 0.3) is 0 Å². The number of rotatable bonds is 4. The molecule has 19 heavy (non-hydrogen) atoms. The Morgan fingerprint density at radius 3 is 2.53 bits per heavy atom. The van der Waals surface area contributed by atoms with Crippen LogP contribution in [0.25, 0.3) is 10.9 Å². The van der Waals surface area contributed by atoms with Crippen LogP contribution in [0.15, 0.2) is 30.5 Å². The molecule has 1 amide bonds. The van der Waals surface area contributed by atoms with Crippen molar-refractivity contribution in [3.05, 3.63) is 36.0 Å². The number of fused-ring (bicyclic) bond motifs is 1. The van der Waals surface area contributed by atoms with E-state index in [4.69, 9.17) is 0 Å². The quantitative estimate of drug-likeness (QED) is 0.885. The Kier molecular flexibility index (Phi) is 3.69. The summed E-state index contributed by atoms with van der Waals surface area (Å²) in [6.45, 7) is 5.11. The molecule has 0 saturated heterocycles. The second-order valence-corrected chi connectivity index (χ2v) is 5.00. The maximum Gasteiger partial charge on any atom is 0.223 e. The fourth-order valence-corrected chi connectivity index (χ4v) is 2.04. The molecule has 1 atom stereocenters. The molecule has 0 aliphatic rings. The third kappa shape index (κ3) is 2.67. The molecular formula is C15H18N2O2. The Bertz CT molecular complexity index is 613. The highest BCUT2D eigenvalue weighted by Gasteiger charge is 2.23. The highest BCUT2D eigenvalue weighted by Crippen LogP contribution is 2.24. The Balaban J connectivity index is 2.39. The summed E-state index contributed by atoms with van der Waals surface area (Å²) in [4.78, 5) is 26.8. The number of aromatic nitrogens is 1. The molecule has 100 valence electrons. The number of nitrogens with one attached hydrogen (secondary N) is 2. The van der Waals surface area contributed by atoms with E-state index < -0.39 is 6.04 Å². The molecule has 1 heterocycles. The minimum Gasteiger partial charge on any atom is -0.361 e. The Hall–Kier alpha value is -2.10. The second-order valence-electron chi connectivity index (χ2n) is 5.00. The lowest BCUT2D eigenvalue weighted by Gasteiger charge is -2.17. The molecule has 0 spiro atoms. The molecule has 2 N–H and O–H groups in total. The van der Waals surface area contributed by atoms with Crippen molar-refractivity contribution in [3.63, 3.8) is 0 Å². The van der Waals surface area contributed by atoms with Gasteiger partial charge < -0.3 is 10.3 Å². The number of hydrogen-bond acceptors (Lipinski definition) is 2. The monoisotopic (exact) mass is 258 g/mol. The van der Waals surface area contributed by atoms with E-state index in [2.05, 4.69) is 10.3 Å². The summed E-state index contributed by atoms with van der Waals surface area (Å²) in [5.41, 5.74) is 1.78. The van der Waals surface area contributed by atoms with E-state index in [0.717, 1.165) is 16.5 Å². The molecule has 0 aliphatic carbocycles. The average molecular weight is 258 g/mol. The number of amides is 1. The van der Waals surface area contributed by atoms with E-state index >= 15 is 0 Å². The summed E-state index contributed by atoms with van der Waals surface area (Å²) in [7, 11) is 0. The van der Waals surface area contributed by atoms with Gasteiger partial charge >= 0.3 is 0 Å². The number of aromatic amines is 1. The van der Waals surface area contributed by atoms with Crippen molar-refractivity contribution in [3.8, 4) is 0 Å². The number of hydrogen-bond donors (Lipinski definition) is 2. The summed E-state index contributed by atoms with van der Waals surface area (Å²) < 4.78 is 0. The van der Waals surface area contributed by atoms with Crippen molar-refractivity contribution in [1.29, 1.82) is 0 Å². The zero-order chi connectivity index (χ0) is 14.0. The maximum atomic E-state index is 11.8. The Morgan fingerprint density at radius 1 is 1.21 bits per heavy atom. The predicted octanol–water partition coefficient (Wildman–Crippen LogP) is 2.57. The topological polar surface area (TPSA) is 62.0 Å². The summed E-state index contributed by atoms with van der Waals surface area (Å²) in [5.74, 6) is -0.337. The van der Waals surface area contributed by atoms with E-state index in [-0.39, 0.29) is 17.6 Å². The van der Waals surface area contributed by atoms with E-state index in [1.54, 1.807) is 6.20 Å². The first kappa shape index (κ1) is 13.3. The average Bonchev–Trinajstić information content (AvgIpc) is 2.78. The fourth-order valence-electron chi connectivity index (χ4n) is 2.04. The van der Waals surface area contributed by atoms with Crippen LogP contribution in [0.5, 0.6) is 0 Å². The predicted molar refractivity (Wildman–Crippen MR) is 74.7 cm³/mol. The summed E-state index contributed by atoms with van der Waals surface area (Å²) in [6, 6.07) is 7.14. The van der Waals surface area contributed by atoms with Gasteiger partial charge in [0.15, 0.2) is 5.78 Å². The van der Waals surface area contributed by atoms with Crippen molar-refractivity contribution in [2.45, 2.75) is 26.8 Å². The van der Waals surface area contributed by atoms with E-state index in [1.165, 1.54) is 6.92 Å². The standard InChI is InChI=1S/C15H18N2O2/c1-9(2)15(19)17-14(10(3)18)12-8-16-13-7-5-4-6-11(12)13/h4-9,14,16H,1-3H3,(H,17,19). The van der Waals surface area contributed by atoms with Gasteiger partial charge in [-0.15, -0.1) is 0 Å². The molecule has 0 aliphatic heterocycles. The molecule has 0 radical (unpaired) electrons. The number of carbonyl (C=O) groups excluding carboxylic acids is 2. The van der Waals surface area contributed by atoms with Crippen LogP contribution in [0.4, 0.5) is 0 Å². The first-order chi connectivity index (χ1) is 9.00. The van der Waals surface area contributed by atoms with Gasteiger partial charge in [0.1, 0.15) is 6.04 Å². The molecule has 0 bridgehead atoms. The molecule has 0 saturated carbocycles. The van der Waals surface area contributed by atoms with E-state index in [1.807, 2.05) is 38.1 Å².